The lowest BCUT2D eigenvalue weighted by Crippen LogP contribution is -2.31. The van der Waals surface area contributed by atoms with Crippen molar-refractivity contribution in [1.29, 1.82) is 5.26 Å². The second kappa shape index (κ2) is 7.90. The predicted molar refractivity (Wildman–Crippen MR) is 55.7 cm³/mol. The molecule has 0 saturated carbocycles. The lowest BCUT2D eigenvalue weighted by atomic mass is 10.5. The molecule has 0 aromatic rings. The molecule has 5 heteroatoms. The zero-order valence-electron chi connectivity index (χ0n) is 8.28. The van der Waals surface area contributed by atoms with E-state index in [2.05, 4.69) is 4.99 Å². The van der Waals surface area contributed by atoms with E-state index in [0.717, 1.165) is 18.3 Å². The van der Waals surface area contributed by atoms with E-state index in [9.17, 15) is 0 Å². The number of ether oxygens (including phenoxy) is 1. The van der Waals surface area contributed by atoms with Gasteiger partial charge in [-0.1, -0.05) is 11.8 Å². The van der Waals surface area contributed by atoms with Crippen molar-refractivity contribution >= 4 is 16.9 Å². The molecule has 74 valence electrons. The van der Waals surface area contributed by atoms with Crippen molar-refractivity contribution in [3.8, 4) is 6.19 Å². The minimum absolute atomic E-state index is 0.652. The summed E-state index contributed by atoms with van der Waals surface area (Å²) in [5.41, 5.74) is 0. The van der Waals surface area contributed by atoms with Gasteiger partial charge in [-0.15, -0.1) is 4.99 Å². The lowest BCUT2D eigenvalue weighted by Gasteiger charge is -2.21. The van der Waals surface area contributed by atoms with E-state index in [1.807, 2.05) is 18.1 Å². The molecule has 0 aliphatic heterocycles. The Morgan fingerprint density at radius 3 is 2.77 bits per heavy atom. The van der Waals surface area contributed by atoms with Crippen molar-refractivity contribution in [2.75, 3.05) is 33.1 Å². The first-order valence-corrected chi connectivity index (χ1v) is 5.27. The summed E-state index contributed by atoms with van der Waals surface area (Å²) in [7, 11) is 1.66. The van der Waals surface area contributed by atoms with Gasteiger partial charge < -0.3 is 9.64 Å². The Morgan fingerprint density at radius 1 is 1.69 bits per heavy atom. The number of rotatable bonds is 4. The van der Waals surface area contributed by atoms with Crippen LogP contribution in [0.1, 0.15) is 6.92 Å². The van der Waals surface area contributed by atoms with Gasteiger partial charge in [-0.05, 0) is 13.2 Å². The van der Waals surface area contributed by atoms with Crippen LogP contribution in [0.5, 0.6) is 0 Å². The Labute approximate surface area is 83.6 Å². The Morgan fingerprint density at radius 2 is 2.38 bits per heavy atom. The third-order valence-electron chi connectivity index (χ3n) is 1.55. The van der Waals surface area contributed by atoms with Crippen LogP contribution in [-0.4, -0.2) is 43.1 Å². The number of aliphatic imine (C=N–C) groups is 1. The summed E-state index contributed by atoms with van der Waals surface area (Å²) in [4.78, 5) is 5.73. The van der Waals surface area contributed by atoms with E-state index >= 15 is 0 Å². The van der Waals surface area contributed by atoms with Gasteiger partial charge in [0.2, 0.25) is 6.19 Å². The van der Waals surface area contributed by atoms with Crippen molar-refractivity contribution in [3.05, 3.63) is 0 Å². The van der Waals surface area contributed by atoms with Crippen LogP contribution in [-0.2, 0) is 4.74 Å². The minimum atomic E-state index is 0.652. The van der Waals surface area contributed by atoms with E-state index in [1.54, 1.807) is 13.3 Å². The van der Waals surface area contributed by atoms with E-state index < -0.39 is 0 Å². The molecule has 0 aromatic carbocycles. The van der Waals surface area contributed by atoms with Crippen LogP contribution in [0.2, 0.25) is 0 Å². The molecule has 0 spiro atoms. The Balaban J connectivity index is 4.19. The molecule has 0 unspecified atom stereocenters. The summed E-state index contributed by atoms with van der Waals surface area (Å²) < 4.78 is 4.96. The van der Waals surface area contributed by atoms with Crippen molar-refractivity contribution in [1.82, 2.24) is 4.90 Å². The second-order valence-corrected chi connectivity index (χ2v) is 3.04. The van der Waals surface area contributed by atoms with Crippen molar-refractivity contribution in [2.45, 2.75) is 6.92 Å². The number of nitriles is 1. The largest absolute Gasteiger partial charge is 0.383 e. The molecule has 0 heterocycles. The molecule has 0 fully saturated rings. The van der Waals surface area contributed by atoms with Crippen LogP contribution in [0.15, 0.2) is 4.99 Å². The third kappa shape index (κ3) is 4.76. The fourth-order valence-corrected chi connectivity index (χ4v) is 1.49. The first-order chi connectivity index (χ1) is 6.29. The van der Waals surface area contributed by atoms with Gasteiger partial charge >= 0.3 is 0 Å². The highest BCUT2D eigenvalue weighted by atomic mass is 32.2. The Kier molecular flexibility index (Phi) is 7.45. The van der Waals surface area contributed by atoms with Crippen molar-refractivity contribution < 1.29 is 4.74 Å². The fraction of sp³-hybridized carbons (Fsp3) is 0.750. The van der Waals surface area contributed by atoms with Gasteiger partial charge in [0.1, 0.15) is 0 Å². The number of methoxy groups -OCH3 is 1. The molecular weight excluding hydrogens is 186 g/mol. The topological polar surface area (TPSA) is 48.6 Å². The van der Waals surface area contributed by atoms with Gasteiger partial charge in [0.25, 0.3) is 0 Å². The lowest BCUT2D eigenvalue weighted by molar-refractivity contribution is 0.178. The number of likely N-dealkylation sites (N-methyl/N-ethyl adjacent to an activating group) is 1. The first kappa shape index (κ1) is 12.3. The number of amidine groups is 1. The summed E-state index contributed by atoms with van der Waals surface area (Å²) in [6.07, 6.45) is 3.70. The highest BCUT2D eigenvalue weighted by molar-refractivity contribution is 8.13. The molecule has 0 N–H and O–H groups in total. The Bertz CT molecular complexity index is 200. The summed E-state index contributed by atoms with van der Waals surface area (Å²) in [5.74, 6) is 0. The number of thioether (sulfide) groups is 1. The van der Waals surface area contributed by atoms with Gasteiger partial charge in [-0.3, -0.25) is 0 Å². The van der Waals surface area contributed by atoms with Crippen molar-refractivity contribution in [3.63, 3.8) is 0 Å². The van der Waals surface area contributed by atoms with E-state index in [0.29, 0.717) is 6.61 Å². The van der Waals surface area contributed by atoms with Crippen LogP contribution >= 0.6 is 11.8 Å². The van der Waals surface area contributed by atoms with Crippen LogP contribution in [0, 0.1) is 11.5 Å². The highest BCUT2D eigenvalue weighted by Crippen LogP contribution is 2.04. The second-order valence-electron chi connectivity index (χ2n) is 2.27. The first-order valence-electron chi connectivity index (χ1n) is 4.04. The van der Waals surface area contributed by atoms with Gasteiger partial charge in [0.15, 0.2) is 5.17 Å². The maximum atomic E-state index is 8.43. The van der Waals surface area contributed by atoms with Gasteiger partial charge in [0.05, 0.1) is 6.61 Å². The molecule has 4 nitrogen and oxygen atoms in total. The molecular formula is C8H15N3OS. The van der Waals surface area contributed by atoms with Crippen LogP contribution < -0.4 is 0 Å². The molecule has 0 saturated heterocycles. The standard InChI is InChI=1S/C8H15N3OS/c1-4-11(5-6-12-2)8(13-3)10-7-9/h4-6H2,1-3H3. The summed E-state index contributed by atoms with van der Waals surface area (Å²) >= 11 is 1.48. The fourth-order valence-electron chi connectivity index (χ4n) is 0.879. The van der Waals surface area contributed by atoms with Gasteiger partial charge in [0, 0.05) is 20.2 Å². The minimum Gasteiger partial charge on any atom is -0.383 e. The Hall–Kier alpha value is -0.730. The van der Waals surface area contributed by atoms with Crippen LogP contribution in [0.3, 0.4) is 0 Å². The zero-order chi connectivity index (χ0) is 10.1. The van der Waals surface area contributed by atoms with E-state index in [4.69, 9.17) is 10.00 Å². The van der Waals surface area contributed by atoms with E-state index in [1.165, 1.54) is 11.8 Å². The molecule has 0 radical (unpaired) electrons. The highest BCUT2D eigenvalue weighted by Gasteiger charge is 2.07. The number of nitrogens with zero attached hydrogens (tertiary/aromatic N) is 3. The molecule has 0 atom stereocenters. The molecule has 0 aliphatic carbocycles. The summed E-state index contributed by atoms with van der Waals surface area (Å²) in [6, 6.07) is 0. The zero-order valence-corrected chi connectivity index (χ0v) is 9.10. The molecule has 0 amide bonds. The van der Waals surface area contributed by atoms with Crippen LogP contribution in [0.4, 0.5) is 0 Å². The molecule has 0 aliphatic rings. The quantitative estimate of drug-likeness (QED) is 0.389. The monoisotopic (exact) mass is 201 g/mol. The average molecular weight is 201 g/mol. The smallest absolute Gasteiger partial charge is 0.208 e. The SMILES string of the molecule is CCN(CCOC)C(=NC#N)SC. The number of hydrogen-bond donors (Lipinski definition) is 0. The maximum absolute atomic E-state index is 8.43. The van der Waals surface area contributed by atoms with Crippen LogP contribution in [0.25, 0.3) is 0 Å². The van der Waals surface area contributed by atoms with Crippen molar-refractivity contribution in [2.24, 2.45) is 4.99 Å². The predicted octanol–water partition coefficient (Wildman–Crippen LogP) is 1.15. The normalized spacial score (nSPS) is 11.1. The van der Waals surface area contributed by atoms with Gasteiger partial charge in [-0.2, -0.15) is 5.26 Å². The average Bonchev–Trinajstić information content (AvgIpc) is 2.17. The molecule has 0 bridgehead atoms. The van der Waals surface area contributed by atoms with Gasteiger partial charge in [-0.25, -0.2) is 0 Å². The molecule has 0 aromatic heterocycles. The number of hydrogen-bond acceptors (Lipinski definition) is 4. The summed E-state index contributed by atoms with van der Waals surface area (Å²) in [6.45, 7) is 4.29. The van der Waals surface area contributed by atoms with E-state index in [-0.39, 0.29) is 0 Å². The summed E-state index contributed by atoms with van der Waals surface area (Å²) in [5, 5.41) is 9.18. The maximum Gasteiger partial charge on any atom is 0.208 e. The third-order valence-corrected chi connectivity index (χ3v) is 2.26. The molecule has 13 heavy (non-hydrogen) atoms. The molecule has 0 rings (SSSR count).